The molecule has 1 atom stereocenters. The Kier molecular flexibility index (Phi) is 3.01. The molecule has 1 heterocycles. The van der Waals surface area contributed by atoms with Crippen LogP contribution in [0.2, 0.25) is 0 Å². The number of carboxylic acid groups (broad SMARTS) is 1. The van der Waals surface area contributed by atoms with Gasteiger partial charge in [-0.15, -0.1) is 0 Å². The molecule has 0 aliphatic heterocycles. The van der Waals surface area contributed by atoms with Gasteiger partial charge < -0.3 is 14.8 Å². The summed E-state index contributed by atoms with van der Waals surface area (Å²) in [7, 11) is 1.51. The minimum Gasteiger partial charge on any atom is -0.497 e. The minimum absolute atomic E-state index is 0.133. The summed E-state index contributed by atoms with van der Waals surface area (Å²) in [6, 6.07) is 4.84. The fourth-order valence-corrected chi connectivity index (χ4v) is 1.59. The van der Waals surface area contributed by atoms with Crippen molar-refractivity contribution in [1.82, 2.24) is 9.97 Å². The lowest BCUT2D eigenvalue weighted by atomic mass is 10.1. The van der Waals surface area contributed by atoms with E-state index in [9.17, 15) is 9.59 Å². The van der Waals surface area contributed by atoms with Gasteiger partial charge >= 0.3 is 5.97 Å². The minimum atomic E-state index is -1.04. The van der Waals surface area contributed by atoms with E-state index in [1.165, 1.54) is 14.0 Å². The number of H-pyrrole nitrogens is 1. The number of hydrogen-bond acceptors (Lipinski definition) is 4. The molecule has 0 aliphatic carbocycles. The number of fused-ring (bicyclic) bond motifs is 1. The van der Waals surface area contributed by atoms with Crippen molar-refractivity contribution in [2.24, 2.45) is 0 Å². The van der Waals surface area contributed by atoms with Gasteiger partial charge in [0, 0.05) is 6.07 Å². The van der Waals surface area contributed by atoms with Crippen molar-refractivity contribution in [2.45, 2.75) is 12.8 Å². The number of nitrogens with one attached hydrogen (secondary N) is 1. The predicted octanol–water partition coefficient (Wildman–Crippen LogP) is 1.12. The fraction of sp³-hybridized carbons (Fsp3) is 0.250. The zero-order chi connectivity index (χ0) is 13.3. The standard InChI is InChI=1S/C12H12N2O4/c1-6(12(16)17)10-13-9-5-7(18-2)3-4-8(9)11(15)14-10/h3-6H,1-2H3,(H,16,17)(H,13,14,15). The maximum atomic E-state index is 11.8. The van der Waals surface area contributed by atoms with E-state index in [0.717, 1.165) is 0 Å². The first-order valence-corrected chi connectivity index (χ1v) is 5.33. The molecule has 0 spiro atoms. The van der Waals surface area contributed by atoms with Gasteiger partial charge in [-0.3, -0.25) is 9.59 Å². The SMILES string of the molecule is COc1ccc2c(=O)[nH]c(C(C)C(=O)O)nc2c1. The van der Waals surface area contributed by atoms with Gasteiger partial charge in [0.25, 0.3) is 5.56 Å². The lowest BCUT2D eigenvalue weighted by Crippen LogP contribution is -2.18. The van der Waals surface area contributed by atoms with Crippen LogP contribution in [0.15, 0.2) is 23.0 Å². The molecule has 0 aliphatic rings. The average Bonchev–Trinajstić information content (AvgIpc) is 2.36. The van der Waals surface area contributed by atoms with Crippen molar-refractivity contribution in [3.8, 4) is 5.75 Å². The van der Waals surface area contributed by atoms with Gasteiger partial charge in [0.2, 0.25) is 0 Å². The van der Waals surface area contributed by atoms with Gasteiger partial charge in [0.05, 0.1) is 18.0 Å². The molecule has 0 fully saturated rings. The Balaban J connectivity index is 2.66. The predicted molar refractivity (Wildman–Crippen MR) is 65.0 cm³/mol. The topological polar surface area (TPSA) is 92.3 Å². The van der Waals surface area contributed by atoms with Crippen LogP contribution in [0.4, 0.5) is 0 Å². The lowest BCUT2D eigenvalue weighted by molar-refractivity contribution is -0.138. The highest BCUT2D eigenvalue weighted by Gasteiger charge is 2.17. The van der Waals surface area contributed by atoms with Gasteiger partial charge in [-0.05, 0) is 19.1 Å². The van der Waals surface area contributed by atoms with Gasteiger partial charge in [-0.2, -0.15) is 0 Å². The molecule has 0 amide bonds. The molecule has 94 valence electrons. The molecule has 0 saturated heterocycles. The normalized spacial score (nSPS) is 12.3. The van der Waals surface area contributed by atoms with E-state index in [1.807, 2.05) is 0 Å². The van der Waals surface area contributed by atoms with Crippen LogP contribution in [0.3, 0.4) is 0 Å². The van der Waals surface area contributed by atoms with Crippen LogP contribution in [-0.4, -0.2) is 28.2 Å². The van der Waals surface area contributed by atoms with Crippen molar-refractivity contribution in [3.05, 3.63) is 34.4 Å². The monoisotopic (exact) mass is 248 g/mol. The van der Waals surface area contributed by atoms with Crippen molar-refractivity contribution in [3.63, 3.8) is 0 Å². The largest absolute Gasteiger partial charge is 0.497 e. The molecule has 0 bridgehead atoms. The van der Waals surface area contributed by atoms with E-state index in [4.69, 9.17) is 9.84 Å². The van der Waals surface area contributed by atoms with E-state index >= 15 is 0 Å². The lowest BCUT2D eigenvalue weighted by Gasteiger charge is -2.07. The second-order valence-electron chi connectivity index (χ2n) is 3.89. The van der Waals surface area contributed by atoms with Gasteiger partial charge in [0.1, 0.15) is 17.5 Å². The first-order chi connectivity index (χ1) is 8.52. The second-order valence-corrected chi connectivity index (χ2v) is 3.89. The van der Waals surface area contributed by atoms with E-state index in [1.54, 1.807) is 18.2 Å². The molecule has 2 rings (SSSR count). The van der Waals surface area contributed by atoms with E-state index in [-0.39, 0.29) is 11.4 Å². The molecular formula is C12H12N2O4. The molecule has 1 aromatic heterocycles. The molecule has 1 unspecified atom stereocenters. The number of hydrogen-bond donors (Lipinski definition) is 2. The summed E-state index contributed by atoms with van der Waals surface area (Å²) < 4.78 is 5.04. The third-order valence-corrected chi connectivity index (χ3v) is 2.71. The average molecular weight is 248 g/mol. The summed E-state index contributed by atoms with van der Waals surface area (Å²) in [4.78, 5) is 29.3. The fourth-order valence-electron chi connectivity index (χ4n) is 1.59. The van der Waals surface area contributed by atoms with E-state index in [2.05, 4.69) is 9.97 Å². The highest BCUT2D eigenvalue weighted by Crippen LogP contribution is 2.18. The van der Waals surface area contributed by atoms with Gasteiger partial charge in [-0.25, -0.2) is 4.98 Å². The maximum absolute atomic E-state index is 11.8. The van der Waals surface area contributed by atoms with Crippen LogP contribution in [0.5, 0.6) is 5.75 Å². The van der Waals surface area contributed by atoms with E-state index in [0.29, 0.717) is 16.7 Å². The Morgan fingerprint density at radius 3 is 2.83 bits per heavy atom. The number of rotatable bonds is 3. The number of nitrogens with zero attached hydrogens (tertiary/aromatic N) is 1. The van der Waals surface area contributed by atoms with Crippen LogP contribution in [0.25, 0.3) is 10.9 Å². The Labute approximate surface area is 102 Å². The number of methoxy groups -OCH3 is 1. The maximum Gasteiger partial charge on any atom is 0.313 e. The Hall–Kier alpha value is -2.37. The molecule has 2 aromatic rings. The zero-order valence-electron chi connectivity index (χ0n) is 9.93. The van der Waals surface area contributed by atoms with Crippen LogP contribution in [0.1, 0.15) is 18.7 Å². The Bertz CT molecular complexity index is 663. The number of aromatic nitrogens is 2. The Morgan fingerprint density at radius 2 is 2.22 bits per heavy atom. The molecular weight excluding hydrogens is 236 g/mol. The highest BCUT2D eigenvalue weighted by molar-refractivity contribution is 5.80. The van der Waals surface area contributed by atoms with Crippen LogP contribution >= 0.6 is 0 Å². The molecule has 6 heteroatoms. The van der Waals surface area contributed by atoms with Gasteiger partial charge in [-0.1, -0.05) is 0 Å². The third kappa shape index (κ3) is 2.04. The number of aromatic amines is 1. The van der Waals surface area contributed by atoms with Gasteiger partial charge in [0.15, 0.2) is 0 Å². The molecule has 2 N–H and O–H groups in total. The summed E-state index contributed by atoms with van der Waals surface area (Å²) >= 11 is 0. The molecule has 0 saturated carbocycles. The van der Waals surface area contributed by atoms with Crippen molar-refractivity contribution < 1.29 is 14.6 Å². The number of carboxylic acids is 1. The Morgan fingerprint density at radius 1 is 1.50 bits per heavy atom. The highest BCUT2D eigenvalue weighted by atomic mass is 16.5. The third-order valence-electron chi connectivity index (χ3n) is 2.71. The van der Waals surface area contributed by atoms with Crippen molar-refractivity contribution in [2.75, 3.05) is 7.11 Å². The summed E-state index contributed by atoms with van der Waals surface area (Å²) in [6.07, 6.45) is 0. The first-order valence-electron chi connectivity index (χ1n) is 5.33. The first kappa shape index (κ1) is 12.1. The molecule has 18 heavy (non-hydrogen) atoms. The number of ether oxygens (including phenoxy) is 1. The number of benzene rings is 1. The van der Waals surface area contributed by atoms with Crippen molar-refractivity contribution in [1.29, 1.82) is 0 Å². The van der Waals surface area contributed by atoms with E-state index < -0.39 is 11.9 Å². The van der Waals surface area contributed by atoms with Crippen molar-refractivity contribution >= 4 is 16.9 Å². The summed E-state index contributed by atoms with van der Waals surface area (Å²) in [5.74, 6) is -1.21. The molecule has 6 nitrogen and oxygen atoms in total. The smallest absolute Gasteiger partial charge is 0.313 e. The summed E-state index contributed by atoms with van der Waals surface area (Å²) in [5.41, 5.74) is 0.0620. The molecule has 1 aromatic carbocycles. The van der Waals surface area contributed by atoms with Crippen LogP contribution in [-0.2, 0) is 4.79 Å². The number of carbonyl (C=O) groups is 1. The quantitative estimate of drug-likeness (QED) is 0.849. The van der Waals surface area contributed by atoms with Crippen LogP contribution < -0.4 is 10.3 Å². The number of aliphatic carboxylic acids is 1. The summed E-state index contributed by atoms with van der Waals surface area (Å²) in [5, 5.41) is 9.31. The van der Waals surface area contributed by atoms with Crippen LogP contribution in [0, 0.1) is 0 Å². The molecule has 0 radical (unpaired) electrons. The zero-order valence-corrected chi connectivity index (χ0v) is 9.93. The summed E-state index contributed by atoms with van der Waals surface area (Å²) in [6.45, 7) is 1.46. The second kappa shape index (κ2) is 4.48.